The zero-order valence-corrected chi connectivity index (χ0v) is 10.3. The van der Waals surface area contributed by atoms with Gasteiger partial charge in [-0.2, -0.15) is 10.2 Å². The number of H-pyrrole nitrogens is 1. The molecule has 0 aliphatic rings. The molecule has 0 unspecified atom stereocenters. The summed E-state index contributed by atoms with van der Waals surface area (Å²) in [5.74, 6) is 0. The lowest BCUT2D eigenvalue weighted by atomic mass is 10.3. The second kappa shape index (κ2) is 3.96. The van der Waals surface area contributed by atoms with Gasteiger partial charge in [-0.15, -0.1) is 0 Å². The molecule has 5 nitrogen and oxygen atoms in total. The van der Waals surface area contributed by atoms with Crippen LogP contribution in [0.5, 0.6) is 0 Å². The van der Waals surface area contributed by atoms with Gasteiger partial charge in [0.05, 0.1) is 22.6 Å². The molecular weight excluding hydrogens is 252 g/mol. The molecule has 0 aliphatic carbocycles. The van der Waals surface area contributed by atoms with Crippen molar-refractivity contribution in [3.63, 3.8) is 0 Å². The van der Waals surface area contributed by atoms with E-state index in [1.165, 1.54) is 0 Å². The second-order valence-corrected chi connectivity index (χ2v) is 4.32. The zero-order chi connectivity index (χ0) is 12.7. The molecule has 0 fully saturated rings. The molecule has 2 heterocycles. The van der Waals surface area contributed by atoms with Crippen molar-refractivity contribution < 1.29 is 0 Å². The Morgan fingerprint density at radius 3 is 2.83 bits per heavy atom. The van der Waals surface area contributed by atoms with Gasteiger partial charge in [-0.05, 0) is 19.1 Å². The van der Waals surface area contributed by atoms with Crippen LogP contribution in [-0.4, -0.2) is 20.0 Å². The number of nitrogens with zero attached hydrogens (tertiary/aromatic N) is 3. The third-order valence-electron chi connectivity index (χ3n) is 2.82. The lowest BCUT2D eigenvalue weighted by Crippen LogP contribution is -2.07. The standard InChI is InChI=1S/C12H9ClN4O/c1-7-8-6-14-15-12(18)11(8)16-17(7)10-5-3-2-4-9(10)13/h2-6H,1H3,(H,15,18). The molecule has 1 N–H and O–H groups in total. The fourth-order valence-corrected chi connectivity index (χ4v) is 2.12. The van der Waals surface area contributed by atoms with Crippen LogP contribution in [0.1, 0.15) is 5.69 Å². The molecule has 18 heavy (non-hydrogen) atoms. The fourth-order valence-electron chi connectivity index (χ4n) is 1.90. The maximum Gasteiger partial charge on any atom is 0.292 e. The summed E-state index contributed by atoms with van der Waals surface area (Å²) < 4.78 is 1.66. The van der Waals surface area contributed by atoms with Gasteiger partial charge in [0.2, 0.25) is 0 Å². The van der Waals surface area contributed by atoms with E-state index in [1.807, 2.05) is 25.1 Å². The minimum absolute atomic E-state index is 0.304. The van der Waals surface area contributed by atoms with E-state index in [9.17, 15) is 4.79 Å². The van der Waals surface area contributed by atoms with Crippen LogP contribution in [-0.2, 0) is 0 Å². The first kappa shape index (κ1) is 11.0. The van der Waals surface area contributed by atoms with E-state index in [4.69, 9.17) is 11.6 Å². The first-order valence-electron chi connectivity index (χ1n) is 5.36. The van der Waals surface area contributed by atoms with Gasteiger partial charge in [0, 0.05) is 5.39 Å². The van der Waals surface area contributed by atoms with Gasteiger partial charge in [0.15, 0.2) is 5.52 Å². The van der Waals surface area contributed by atoms with Crippen molar-refractivity contribution in [1.29, 1.82) is 0 Å². The van der Waals surface area contributed by atoms with E-state index < -0.39 is 0 Å². The van der Waals surface area contributed by atoms with Crippen LogP contribution in [0.25, 0.3) is 16.6 Å². The molecule has 0 aliphatic heterocycles. The van der Waals surface area contributed by atoms with E-state index in [0.717, 1.165) is 16.8 Å². The summed E-state index contributed by atoms with van der Waals surface area (Å²) in [6.07, 6.45) is 1.59. The predicted molar refractivity (Wildman–Crippen MR) is 69.2 cm³/mol. The Morgan fingerprint density at radius 1 is 1.33 bits per heavy atom. The van der Waals surface area contributed by atoms with Crippen molar-refractivity contribution in [1.82, 2.24) is 20.0 Å². The summed E-state index contributed by atoms with van der Waals surface area (Å²) in [4.78, 5) is 11.6. The molecule has 1 aromatic carbocycles. The average molecular weight is 261 g/mol. The first-order valence-corrected chi connectivity index (χ1v) is 5.74. The molecule has 0 saturated heterocycles. The van der Waals surface area contributed by atoms with Crippen LogP contribution >= 0.6 is 11.6 Å². The van der Waals surface area contributed by atoms with Crippen molar-refractivity contribution >= 4 is 22.5 Å². The number of rotatable bonds is 1. The summed E-state index contributed by atoms with van der Waals surface area (Å²) in [6, 6.07) is 7.35. The molecular formula is C12H9ClN4O. The summed E-state index contributed by atoms with van der Waals surface area (Å²) in [7, 11) is 0. The van der Waals surface area contributed by atoms with Crippen LogP contribution in [0.4, 0.5) is 0 Å². The van der Waals surface area contributed by atoms with Gasteiger partial charge in [-0.3, -0.25) is 4.79 Å². The number of aryl methyl sites for hydroxylation is 1. The molecule has 3 aromatic rings. The van der Waals surface area contributed by atoms with Crippen molar-refractivity contribution in [2.45, 2.75) is 6.92 Å². The molecule has 0 amide bonds. The van der Waals surface area contributed by atoms with Gasteiger partial charge in [0.25, 0.3) is 5.56 Å². The highest BCUT2D eigenvalue weighted by Crippen LogP contribution is 2.23. The quantitative estimate of drug-likeness (QED) is 0.728. The van der Waals surface area contributed by atoms with Gasteiger partial charge in [-0.1, -0.05) is 23.7 Å². The third-order valence-corrected chi connectivity index (χ3v) is 3.14. The minimum Gasteiger partial charge on any atom is -0.265 e. The number of aromatic amines is 1. The number of benzene rings is 1. The highest BCUT2D eigenvalue weighted by molar-refractivity contribution is 6.32. The van der Waals surface area contributed by atoms with Crippen LogP contribution in [0.2, 0.25) is 5.02 Å². The SMILES string of the molecule is Cc1c2cn[nH]c(=O)c2nn1-c1ccccc1Cl. The molecule has 3 rings (SSSR count). The van der Waals surface area contributed by atoms with Gasteiger partial charge < -0.3 is 0 Å². The Hall–Kier alpha value is -2.14. The lowest BCUT2D eigenvalue weighted by Gasteiger charge is -2.05. The Labute approximate surface area is 107 Å². The molecule has 0 bridgehead atoms. The Bertz CT molecular complexity index is 790. The molecule has 6 heteroatoms. The lowest BCUT2D eigenvalue weighted by molar-refractivity contribution is 0.858. The number of hydrogen-bond donors (Lipinski definition) is 1. The van der Waals surface area contributed by atoms with Gasteiger partial charge >= 0.3 is 0 Å². The number of fused-ring (bicyclic) bond motifs is 1. The molecule has 0 atom stereocenters. The fraction of sp³-hybridized carbons (Fsp3) is 0.0833. The largest absolute Gasteiger partial charge is 0.292 e. The normalized spacial score (nSPS) is 11.0. The Morgan fingerprint density at radius 2 is 2.11 bits per heavy atom. The number of para-hydroxylation sites is 1. The highest BCUT2D eigenvalue weighted by Gasteiger charge is 2.13. The summed E-state index contributed by atoms with van der Waals surface area (Å²) in [5, 5.41) is 11.7. The van der Waals surface area contributed by atoms with E-state index in [1.54, 1.807) is 16.9 Å². The van der Waals surface area contributed by atoms with E-state index in [-0.39, 0.29) is 5.56 Å². The third kappa shape index (κ3) is 1.52. The number of aromatic nitrogens is 4. The topological polar surface area (TPSA) is 63.6 Å². The van der Waals surface area contributed by atoms with Gasteiger partial charge in [0.1, 0.15) is 0 Å². The average Bonchev–Trinajstić information content (AvgIpc) is 2.70. The maximum atomic E-state index is 11.6. The summed E-state index contributed by atoms with van der Waals surface area (Å²) in [6.45, 7) is 1.87. The molecule has 2 aromatic heterocycles. The van der Waals surface area contributed by atoms with E-state index in [2.05, 4.69) is 15.3 Å². The monoisotopic (exact) mass is 260 g/mol. The Kier molecular flexibility index (Phi) is 2.41. The van der Waals surface area contributed by atoms with Crippen molar-refractivity contribution in [3.8, 4) is 5.69 Å². The predicted octanol–water partition coefficient (Wildman–Crippen LogP) is 2.07. The number of halogens is 1. The highest BCUT2D eigenvalue weighted by atomic mass is 35.5. The summed E-state index contributed by atoms with van der Waals surface area (Å²) in [5.41, 5.74) is 1.63. The van der Waals surface area contributed by atoms with Crippen molar-refractivity contribution in [2.75, 3.05) is 0 Å². The molecule has 0 saturated carbocycles. The minimum atomic E-state index is -0.304. The second-order valence-electron chi connectivity index (χ2n) is 3.91. The van der Waals surface area contributed by atoms with Gasteiger partial charge in [-0.25, -0.2) is 9.78 Å². The van der Waals surface area contributed by atoms with Crippen LogP contribution < -0.4 is 5.56 Å². The number of nitrogens with one attached hydrogen (secondary N) is 1. The van der Waals surface area contributed by atoms with Crippen LogP contribution in [0.3, 0.4) is 0 Å². The smallest absolute Gasteiger partial charge is 0.265 e. The molecule has 90 valence electrons. The molecule has 0 spiro atoms. The molecule has 0 radical (unpaired) electrons. The zero-order valence-electron chi connectivity index (χ0n) is 9.51. The maximum absolute atomic E-state index is 11.6. The van der Waals surface area contributed by atoms with E-state index >= 15 is 0 Å². The first-order chi connectivity index (χ1) is 8.68. The summed E-state index contributed by atoms with van der Waals surface area (Å²) >= 11 is 6.14. The van der Waals surface area contributed by atoms with Crippen LogP contribution in [0, 0.1) is 6.92 Å². The number of hydrogen-bond acceptors (Lipinski definition) is 3. The van der Waals surface area contributed by atoms with Crippen molar-refractivity contribution in [2.24, 2.45) is 0 Å². The Balaban J connectivity index is 2.38. The van der Waals surface area contributed by atoms with Crippen molar-refractivity contribution in [3.05, 3.63) is 51.5 Å². The van der Waals surface area contributed by atoms with E-state index in [0.29, 0.717) is 10.5 Å². The van der Waals surface area contributed by atoms with Crippen LogP contribution in [0.15, 0.2) is 35.3 Å².